The molecular weight excluding hydrogens is 508 g/mol. The molecule has 2 aromatic rings. The maximum absolute atomic E-state index is 12.2. The van der Waals surface area contributed by atoms with E-state index < -0.39 is 0 Å². The van der Waals surface area contributed by atoms with Gasteiger partial charge in [0.2, 0.25) is 0 Å². The van der Waals surface area contributed by atoms with Crippen molar-refractivity contribution in [2.75, 3.05) is 5.32 Å². The van der Waals surface area contributed by atoms with Crippen LogP contribution in [0.15, 0.2) is 45.3 Å². The molecule has 0 aliphatic heterocycles. The summed E-state index contributed by atoms with van der Waals surface area (Å²) in [6.07, 6.45) is 0. The zero-order valence-electron chi connectivity index (χ0n) is 9.38. The molecule has 1 N–H and O–H groups in total. The summed E-state index contributed by atoms with van der Waals surface area (Å²) in [5, 5.41) is 3.44. The van der Waals surface area contributed by atoms with E-state index in [1.54, 1.807) is 18.2 Å². The van der Waals surface area contributed by atoms with Crippen LogP contribution in [-0.4, -0.2) is 5.91 Å². The van der Waals surface area contributed by atoms with Gasteiger partial charge in [-0.15, -0.1) is 0 Å². The van der Waals surface area contributed by atoms with E-state index in [1.165, 1.54) is 0 Å². The van der Waals surface area contributed by atoms with Gasteiger partial charge in [-0.05, 0) is 90.8 Å². The van der Waals surface area contributed by atoms with Gasteiger partial charge in [0.1, 0.15) is 0 Å². The van der Waals surface area contributed by atoms with Crippen LogP contribution in [0.25, 0.3) is 0 Å². The molecule has 0 saturated heterocycles. The third kappa shape index (κ3) is 3.93. The Hall–Kier alpha value is -0.110. The second kappa shape index (κ2) is 6.56. The van der Waals surface area contributed by atoms with E-state index in [-0.39, 0.29) is 5.91 Å². The minimum absolute atomic E-state index is 0.167. The zero-order valence-corrected chi connectivity index (χ0v) is 15.5. The van der Waals surface area contributed by atoms with Crippen molar-refractivity contribution < 1.29 is 4.79 Å². The van der Waals surface area contributed by atoms with Crippen molar-refractivity contribution in [3.8, 4) is 0 Å². The molecule has 0 radical (unpaired) electrons. The molecule has 98 valence electrons. The fourth-order valence-corrected chi connectivity index (χ4v) is 2.86. The summed E-state index contributed by atoms with van der Waals surface area (Å²) in [5.41, 5.74) is 1.28. The van der Waals surface area contributed by atoms with Gasteiger partial charge in [-0.25, -0.2) is 0 Å². The van der Waals surface area contributed by atoms with Crippen molar-refractivity contribution in [1.82, 2.24) is 0 Å². The second-order valence-corrected chi connectivity index (χ2v) is 7.07. The molecule has 0 spiro atoms. The standard InChI is InChI=1S/C13H7Br2ClINO/c14-10-3-1-7(17)5-9(10)13(19)18-8-2-4-12(16)11(15)6-8/h1-6H,(H,18,19). The molecule has 2 aromatic carbocycles. The Balaban J connectivity index is 2.25. The van der Waals surface area contributed by atoms with Crippen molar-refractivity contribution in [2.45, 2.75) is 0 Å². The van der Waals surface area contributed by atoms with Crippen molar-refractivity contribution in [1.29, 1.82) is 0 Å². The van der Waals surface area contributed by atoms with Gasteiger partial charge in [0.25, 0.3) is 5.91 Å². The molecule has 0 bridgehead atoms. The summed E-state index contributed by atoms with van der Waals surface area (Å²) >= 11 is 14.8. The highest BCUT2D eigenvalue weighted by Gasteiger charge is 2.11. The average molecular weight is 515 g/mol. The van der Waals surface area contributed by atoms with E-state index in [9.17, 15) is 4.79 Å². The normalized spacial score (nSPS) is 10.3. The minimum atomic E-state index is -0.167. The van der Waals surface area contributed by atoms with Gasteiger partial charge in [-0.3, -0.25) is 4.79 Å². The van der Waals surface area contributed by atoms with Crippen molar-refractivity contribution in [3.05, 3.63) is 59.5 Å². The molecule has 0 saturated carbocycles. The molecule has 2 nitrogen and oxygen atoms in total. The Labute approximate surface area is 146 Å². The monoisotopic (exact) mass is 513 g/mol. The van der Waals surface area contributed by atoms with Crippen molar-refractivity contribution in [3.63, 3.8) is 0 Å². The van der Waals surface area contributed by atoms with Crippen LogP contribution in [0.5, 0.6) is 0 Å². The van der Waals surface area contributed by atoms with Crippen LogP contribution in [0.4, 0.5) is 5.69 Å². The van der Waals surface area contributed by atoms with Crippen LogP contribution in [0.1, 0.15) is 10.4 Å². The number of carbonyl (C=O) groups excluding carboxylic acids is 1. The highest BCUT2D eigenvalue weighted by Crippen LogP contribution is 2.26. The largest absolute Gasteiger partial charge is 0.322 e. The van der Waals surface area contributed by atoms with Crippen LogP contribution in [0, 0.1) is 3.57 Å². The molecule has 0 heterocycles. The number of hydrogen-bond donors (Lipinski definition) is 1. The summed E-state index contributed by atoms with van der Waals surface area (Å²) in [4.78, 5) is 12.2. The van der Waals surface area contributed by atoms with Gasteiger partial charge in [-0.1, -0.05) is 11.6 Å². The van der Waals surface area contributed by atoms with Gasteiger partial charge in [-0.2, -0.15) is 0 Å². The summed E-state index contributed by atoms with van der Waals surface area (Å²) in [7, 11) is 0. The van der Waals surface area contributed by atoms with E-state index in [0.717, 1.165) is 12.5 Å². The van der Waals surface area contributed by atoms with E-state index in [2.05, 4.69) is 59.8 Å². The number of halogens is 4. The lowest BCUT2D eigenvalue weighted by molar-refractivity contribution is 0.102. The predicted molar refractivity (Wildman–Crippen MR) is 94.0 cm³/mol. The van der Waals surface area contributed by atoms with Gasteiger partial charge >= 0.3 is 0 Å². The lowest BCUT2D eigenvalue weighted by Crippen LogP contribution is -2.12. The molecule has 0 aliphatic carbocycles. The van der Waals surface area contributed by atoms with Gasteiger partial charge in [0.15, 0.2) is 0 Å². The van der Waals surface area contributed by atoms with Crippen LogP contribution >= 0.6 is 66.1 Å². The van der Waals surface area contributed by atoms with Gasteiger partial charge in [0.05, 0.1) is 10.6 Å². The number of anilines is 1. The molecule has 0 aliphatic rings. The van der Waals surface area contributed by atoms with E-state index >= 15 is 0 Å². The molecule has 6 heteroatoms. The Morgan fingerprint density at radius 2 is 1.84 bits per heavy atom. The van der Waals surface area contributed by atoms with Crippen LogP contribution < -0.4 is 5.32 Å². The van der Waals surface area contributed by atoms with Crippen LogP contribution in [-0.2, 0) is 0 Å². The summed E-state index contributed by atoms with van der Waals surface area (Å²) < 4.78 is 2.51. The number of carbonyl (C=O) groups is 1. The van der Waals surface area contributed by atoms with Crippen molar-refractivity contribution >= 4 is 77.6 Å². The number of benzene rings is 2. The maximum Gasteiger partial charge on any atom is 0.256 e. The Morgan fingerprint density at radius 1 is 1.11 bits per heavy atom. The van der Waals surface area contributed by atoms with Crippen LogP contribution in [0.3, 0.4) is 0 Å². The molecule has 1 amide bonds. The Kier molecular flexibility index (Phi) is 5.28. The Bertz CT molecular complexity index is 649. The van der Waals surface area contributed by atoms with Gasteiger partial charge < -0.3 is 5.32 Å². The molecule has 2 rings (SSSR count). The fourth-order valence-electron chi connectivity index (χ4n) is 1.44. The molecular formula is C13H7Br2ClINO. The molecule has 0 fully saturated rings. The number of hydrogen-bond acceptors (Lipinski definition) is 1. The van der Waals surface area contributed by atoms with Crippen molar-refractivity contribution in [2.24, 2.45) is 0 Å². The Morgan fingerprint density at radius 3 is 2.53 bits per heavy atom. The SMILES string of the molecule is O=C(Nc1ccc(Cl)c(Br)c1)c1cc(I)ccc1Br. The maximum atomic E-state index is 12.2. The number of amides is 1. The molecule has 0 aromatic heterocycles. The first-order valence-electron chi connectivity index (χ1n) is 5.19. The summed E-state index contributed by atoms with van der Waals surface area (Å²) in [5.74, 6) is -0.167. The zero-order chi connectivity index (χ0) is 14.0. The third-order valence-electron chi connectivity index (χ3n) is 2.35. The molecule has 19 heavy (non-hydrogen) atoms. The number of nitrogens with one attached hydrogen (secondary N) is 1. The van der Waals surface area contributed by atoms with E-state index in [1.807, 2.05) is 18.2 Å². The average Bonchev–Trinajstić information content (AvgIpc) is 2.36. The second-order valence-electron chi connectivity index (χ2n) is 3.71. The van der Waals surface area contributed by atoms with Gasteiger partial charge in [0, 0.05) is 18.2 Å². The quantitative estimate of drug-likeness (QED) is 0.510. The van der Waals surface area contributed by atoms with Crippen LogP contribution in [0.2, 0.25) is 5.02 Å². The number of rotatable bonds is 2. The lowest BCUT2D eigenvalue weighted by Gasteiger charge is -2.08. The predicted octanol–water partition coefficient (Wildman–Crippen LogP) is 5.72. The molecule has 0 unspecified atom stereocenters. The lowest BCUT2D eigenvalue weighted by atomic mass is 10.2. The topological polar surface area (TPSA) is 29.1 Å². The first-order chi connectivity index (χ1) is 8.97. The highest BCUT2D eigenvalue weighted by molar-refractivity contribution is 14.1. The van der Waals surface area contributed by atoms with E-state index in [4.69, 9.17) is 11.6 Å². The smallest absolute Gasteiger partial charge is 0.256 e. The highest BCUT2D eigenvalue weighted by atomic mass is 127. The summed E-state index contributed by atoms with van der Waals surface area (Å²) in [6.45, 7) is 0. The first-order valence-corrected chi connectivity index (χ1v) is 8.23. The summed E-state index contributed by atoms with van der Waals surface area (Å²) in [6, 6.07) is 10.9. The first kappa shape index (κ1) is 15.3. The fraction of sp³-hybridized carbons (Fsp3) is 0. The van der Waals surface area contributed by atoms with E-state index in [0.29, 0.717) is 16.3 Å². The third-order valence-corrected chi connectivity index (χ3v) is 4.93. The molecule has 0 atom stereocenters. The minimum Gasteiger partial charge on any atom is -0.322 e.